The van der Waals surface area contributed by atoms with Crippen molar-refractivity contribution >= 4 is 57.4 Å². The van der Waals surface area contributed by atoms with Crippen LogP contribution in [0.2, 0.25) is 0 Å². The van der Waals surface area contributed by atoms with Crippen LogP contribution < -0.4 is 37.5 Å². The van der Waals surface area contributed by atoms with E-state index in [2.05, 4.69) is 32.6 Å². The zero-order valence-corrected chi connectivity index (χ0v) is 44.1. The number of primary amides is 1. The van der Waals surface area contributed by atoms with Gasteiger partial charge in [0.1, 0.15) is 29.8 Å². The molecule has 8 amide bonds. The summed E-state index contributed by atoms with van der Waals surface area (Å²) >= 11 is 0. The highest BCUT2D eigenvalue weighted by atomic mass is 32.2. The molecule has 0 unspecified atom stereocenters. The minimum absolute atomic E-state index is 0.0104. The fraction of sp³-hybridized carbons (Fsp3) is 0.540. The number of carbonyl (C=O) groups excluding carboxylic acids is 7. The van der Waals surface area contributed by atoms with Gasteiger partial charge in [-0.2, -0.15) is 0 Å². The van der Waals surface area contributed by atoms with Crippen LogP contribution in [0.15, 0.2) is 78.4 Å². The average molecular weight is 996 g/mol. The predicted molar refractivity (Wildman–Crippen MR) is 271 cm³/mol. The molecule has 70 heavy (non-hydrogen) atoms. The summed E-state index contributed by atoms with van der Waals surface area (Å²) in [5.74, 6) is -4.11. The molecular formula is C50H77N9O10S. The van der Waals surface area contributed by atoms with E-state index in [4.69, 9.17) is 16.2 Å². The number of nitrogens with zero attached hydrogens (tertiary/aromatic N) is 2. The van der Waals surface area contributed by atoms with Gasteiger partial charge < -0.3 is 42.4 Å². The lowest BCUT2D eigenvalue weighted by Crippen LogP contribution is -2.63. The van der Waals surface area contributed by atoms with Crippen molar-refractivity contribution in [1.29, 1.82) is 0 Å². The maximum atomic E-state index is 14.6. The molecule has 0 heterocycles. The second-order valence-electron chi connectivity index (χ2n) is 20.6. The molecule has 5 atom stereocenters. The number of hydrogen-bond donors (Lipinski definition) is 7. The number of nitrogens with one attached hydrogen (secondary N) is 5. The Balaban J connectivity index is 2.31. The molecule has 0 spiro atoms. The smallest absolute Gasteiger partial charge is 0.410 e. The van der Waals surface area contributed by atoms with Gasteiger partial charge in [0.15, 0.2) is 0 Å². The fourth-order valence-electron chi connectivity index (χ4n) is 7.42. The molecule has 0 aliphatic carbocycles. The Hall–Kier alpha value is -6.28. The van der Waals surface area contributed by atoms with Crippen LogP contribution in [0.25, 0.3) is 0 Å². The normalized spacial score (nSPS) is 14.4. The molecule has 9 N–H and O–H groups in total. The van der Waals surface area contributed by atoms with Gasteiger partial charge in [-0.1, -0.05) is 109 Å². The number of carbonyl (C=O) groups is 7. The number of urea groups is 1. The van der Waals surface area contributed by atoms with Crippen LogP contribution in [0.1, 0.15) is 107 Å². The summed E-state index contributed by atoms with van der Waals surface area (Å²) in [5.41, 5.74) is 10.1. The van der Waals surface area contributed by atoms with Gasteiger partial charge in [-0.25, -0.2) is 22.7 Å². The lowest BCUT2D eigenvalue weighted by Gasteiger charge is -2.42. The van der Waals surface area contributed by atoms with Gasteiger partial charge in [0, 0.05) is 37.3 Å². The Bertz CT molecular complexity index is 2340. The number of nitrogens with two attached hydrogens (primary N) is 2. The van der Waals surface area contributed by atoms with E-state index in [1.54, 1.807) is 55.5 Å². The third kappa shape index (κ3) is 18.2. The monoisotopic (exact) mass is 996 g/mol. The lowest BCUT2D eigenvalue weighted by molar-refractivity contribution is -0.141. The van der Waals surface area contributed by atoms with Gasteiger partial charge in [0.05, 0.1) is 11.8 Å². The molecule has 0 aromatic heterocycles. The van der Waals surface area contributed by atoms with Crippen LogP contribution >= 0.6 is 0 Å². The minimum atomic E-state index is -4.28. The summed E-state index contributed by atoms with van der Waals surface area (Å²) in [5, 5.41) is 10.7. The maximum absolute atomic E-state index is 14.6. The van der Waals surface area contributed by atoms with E-state index in [1.807, 2.05) is 58.0 Å². The SMILES string of the molecule is C=C(C)[C@H](N)C(=O)N[C@@H](CCCNC(N)=O)C(=O)Nc1ccc(CS(=O)(=O)NC(=O)/C(C)=C/[C@H](C(C)C)N(C)C(=O)[C@@H](NC(=O)[C@@H](N(C)C(=O)OC(C)(C)C)C(C)(C)c2ccccc2)C(C)(C)C)cc1. The Morgan fingerprint density at radius 3 is 1.89 bits per heavy atom. The van der Waals surface area contributed by atoms with Crippen LogP contribution in [0.5, 0.6) is 0 Å². The van der Waals surface area contributed by atoms with E-state index in [-0.39, 0.29) is 42.1 Å². The van der Waals surface area contributed by atoms with Crippen molar-refractivity contribution in [3.8, 4) is 0 Å². The molecule has 0 fully saturated rings. The molecule has 0 saturated heterocycles. The quantitative estimate of drug-likeness (QED) is 0.0487. The second-order valence-corrected chi connectivity index (χ2v) is 22.3. The molecule has 388 valence electrons. The molecule has 2 rings (SSSR count). The number of amides is 8. The molecule has 0 aliphatic rings. The van der Waals surface area contributed by atoms with Crippen molar-refractivity contribution in [2.45, 2.75) is 143 Å². The summed E-state index contributed by atoms with van der Waals surface area (Å²) < 4.78 is 34.4. The largest absolute Gasteiger partial charge is 0.444 e. The molecule has 0 bridgehead atoms. The van der Waals surface area contributed by atoms with E-state index in [0.29, 0.717) is 5.57 Å². The summed E-state index contributed by atoms with van der Waals surface area (Å²) in [6.07, 6.45) is 1.19. The molecule has 2 aromatic rings. The van der Waals surface area contributed by atoms with Crippen LogP contribution in [0.3, 0.4) is 0 Å². The van der Waals surface area contributed by atoms with Crippen molar-refractivity contribution in [2.24, 2.45) is 22.8 Å². The van der Waals surface area contributed by atoms with Crippen molar-refractivity contribution in [3.05, 3.63) is 89.5 Å². The highest BCUT2D eigenvalue weighted by molar-refractivity contribution is 7.89. The first-order valence-electron chi connectivity index (χ1n) is 23.1. The first-order valence-corrected chi connectivity index (χ1v) is 24.7. The molecule has 0 radical (unpaired) electrons. The number of hydrogen-bond acceptors (Lipinski definition) is 11. The summed E-state index contributed by atoms with van der Waals surface area (Å²) in [6.45, 7) is 24.7. The van der Waals surface area contributed by atoms with E-state index in [1.165, 1.54) is 54.1 Å². The van der Waals surface area contributed by atoms with Gasteiger partial charge in [-0.15, -0.1) is 0 Å². The fourth-order valence-corrected chi connectivity index (χ4v) is 8.57. The number of sulfonamides is 1. The Kier molecular flexibility index (Phi) is 21.4. The first-order chi connectivity index (χ1) is 32.1. The zero-order valence-electron chi connectivity index (χ0n) is 43.3. The van der Waals surface area contributed by atoms with E-state index < -0.39 is 104 Å². The molecular weight excluding hydrogens is 919 g/mol. The molecule has 20 heteroatoms. The minimum Gasteiger partial charge on any atom is -0.444 e. The third-order valence-corrected chi connectivity index (χ3v) is 12.6. The van der Waals surface area contributed by atoms with Gasteiger partial charge in [0.25, 0.3) is 5.91 Å². The Labute approximate surface area is 414 Å². The van der Waals surface area contributed by atoms with Crippen LogP contribution in [-0.2, 0) is 49.9 Å². The number of benzene rings is 2. The van der Waals surface area contributed by atoms with E-state index in [0.717, 1.165) is 5.56 Å². The standard InChI is InChI=1S/C50H77N9O10S/c1-30(2)37(58(14)45(64)39(48(6,7)8)56-44(63)40(59(15)47(66)69-49(9,10)11)50(12,13)34-20-17-16-18-21-34)28-32(5)41(60)57-70(67,68)29-33-23-25-35(26-24-33)54-42(61)36(22-19-27-53-46(52)65)55-43(62)38(51)31(3)4/h16-18,20-21,23-26,28,30,36-40H,3,19,22,27,29,51H2,1-2,4-15H3,(H,54,61)(H,55,62)(H,56,63)(H,57,60)(H3,52,53,65)/b32-28+/t36-,37+,38-,39+,40+/m0/s1. The summed E-state index contributed by atoms with van der Waals surface area (Å²) in [4.78, 5) is 95.8. The van der Waals surface area contributed by atoms with Gasteiger partial charge >= 0.3 is 12.1 Å². The highest BCUT2D eigenvalue weighted by Gasteiger charge is 2.46. The Morgan fingerprint density at radius 2 is 1.39 bits per heavy atom. The predicted octanol–water partition coefficient (Wildman–Crippen LogP) is 4.58. The Morgan fingerprint density at radius 1 is 0.814 bits per heavy atom. The first kappa shape index (κ1) is 59.8. The van der Waals surface area contributed by atoms with Crippen LogP contribution in [-0.4, -0.2) is 116 Å². The summed E-state index contributed by atoms with van der Waals surface area (Å²) in [6, 6.07) is 9.19. The number of ether oxygens (including phenoxy) is 1. The number of rotatable bonds is 22. The molecule has 0 saturated carbocycles. The molecule has 0 aliphatic heterocycles. The van der Waals surface area contributed by atoms with Crippen LogP contribution in [0, 0.1) is 11.3 Å². The second kappa shape index (κ2) is 25.0. The van der Waals surface area contributed by atoms with E-state index in [9.17, 15) is 42.0 Å². The van der Waals surface area contributed by atoms with Crippen molar-refractivity contribution in [2.75, 3.05) is 26.0 Å². The zero-order chi connectivity index (χ0) is 53.7. The van der Waals surface area contributed by atoms with Gasteiger partial charge in [0.2, 0.25) is 33.7 Å². The maximum Gasteiger partial charge on any atom is 0.410 e. The molecule has 19 nitrogen and oxygen atoms in total. The van der Waals surface area contributed by atoms with Crippen molar-refractivity contribution < 1.29 is 46.7 Å². The molecule has 2 aromatic carbocycles. The van der Waals surface area contributed by atoms with Crippen molar-refractivity contribution in [1.82, 2.24) is 30.5 Å². The van der Waals surface area contributed by atoms with Gasteiger partial charge in [-0.05, 0) is 82.1 Å². The summed E-state index contributed by atoms with van der Waals surface area (Å²) in [7, 11) is -1.25. The topological polar surface area (TPSA) is 282 Å². The number of likely N-dealkylation sites (N-methyl/N-ethyl adjacent to an activating group) is 2. The highest BCUT2D eigenvalue weighted by Crippen LogP contribution is 2.32. The van der Waals surface area contributed by atoms with Crippen LogP contribution in [0.4, 0.5) is 15.3 Å². The van der Waals surface area contributed by atoms with E-state index >= 15 is 0 Å². The third-order valence-electron chi connectivity index (χ3n) is 11.4. The van der Waals surface area contributed by atoms with Crippen molar-refractivity contribution in [3.63, 3.8) is 0 Å². The number of anilines is 1. The van der Waals surface area contributed by atoms with Gasteiger partial charge in [-0.3, -0.25) is 28.9 Å². The average Bonchev–Trinajstić information content (AvgIpc) is 3.24. The lowest BCUT2D eigenvalue weighted by atomic mass is 9.76.